The highest BCUT2D eigenvalue weighted by Gasteiger charge is 2.12. The fourth-order valence-electron chi connectivity index (χ4n) is 2.21. The summed E-state index contributed by atoms with van der Waals surface area (Å²) in [4.78, 5) is 0. The van der Waals surface area contributed by atoms with E-state index in [1.165, 1.54) is 22.3 Å². The van der Waals surface area contributed by atoms with Crippen LogP contribution in [0.1, 0.15) is 23.6 Å². The van der Waals surface area contributed by atoms with E-state index < -0.39 is 0 Å². The molecule has 0 aliphatic heterocycles. The van der Waals surface area contributed by atoms with Gasteiger partial charge in [0, 0.05) is 12.1 Å². The molecule has 84 valence electrons. The first-order chi connectivity index (χ1) is 7.63. The Morgan fingerprint density at radius 2 is 1.75 bits per heavy atom. The highest BCUT2D eigenvalue weighted by atomic mass is 15.3. The minimum atomic E-state index is 0.898. The third-order valence-electron chi connectivity index (χ3n) is 2.86. The van der Waals surface area contributed by atoms with Crippen LogP contribution in [0.4, 0.5) is 0 Å². The topological polar surface area (TPSA) is 30.7 Å². The molecule has 0 aliphatic rings. The third-order valence-corrected chi connectivity index (χ3v) is 2.86. The first-order valence-corrected chi connectivity index (χ1v) is 5.59. The summed E-state index contributed by atoms with van der Waals surface area (Å²) < 4.78 is 2.07. The highest BCUT2D eigenvalue weighted by Crippen LogP contribution is 2.26. The lowest BCUT2D eigenvalue weighted by molar-refractivity contribution is 0.766. The number of nitrogens with zero attached hydrogens (tertiary/aromatic N) is 3. The second-order valence-electron chi connectivity index (χ2n) is 4.21. The molecular formula is C13H17N3. The monoisotopic (exact) mass is 215 g/mol. The van der Waals surface area contributed by atoms with Crippen molar-refractivity contribution >= 4 is 0 Å². The van der Waals surface area contributed by atoms with Gasteiger partial charge in [0.05, 0.1) is 0 Å². The Kier molecular flexibility index (Phi) is 2.77. The molecule has 0 radical (unpaired) electrons. The summed E-state index contributed by atoms with van der Waals surface area (Å²) in [5.74, 6) is 0.970. The summed E-state index contributed by atoms with van der Waals surface area (Å²) in [5.41, 5.74) is 5.03. The van der Waals surface area contributed by atoms with E-state index in [9.17, 15) is 0 Å². The smallest absolute Gasteiger partial charge is 0.164 e. The zero-order valence-electron chi connectivity index (χ0n) is 10.3. The van der Waals surface area contributed by atoms with Crippen LogP contribution in [0.25, 0.3) is 11.4 Å². The standard InChI is InChI=1S/C13H17N3/c1-5-16-8-14-15-13(16)12-10(3)6-9(2)7-11(12)4/h6-8H,5H2,1-4H3. The molecule has 16 heavy (non-hydrogen) atoms. The van der Waals surface area contributed by atoms with Gasteiger partial charge in [-0.15, -0.1) is 10.2 Å². The average Bonchev–Trinajstić information content (AvgIpc) is 2.64. The van der Waals surface area contributed by atoms with Gasteiger partial charge >= 0.3 is 0 Å². The molecule has 0 saturated carbocycles. The van der Waals surface area contributed by atoms with Crippen LogP contribution in [-0.2, 0) is 6.54 Å². The fraction of sp³-hybridized carbons (Fsp3) is 0.385. The van der Waals surface area contributed by atoms with Crippen molar-refractivity contribution in [3.8, 4) is 11.4 Å². The molecule has 0 fully saturated rings. The van der Waals surface area contributed by atoms with Crippen molar-refractivity contribution in [2.75, 3.05) is 0 Å². The Labute approximate surface area is 96.1 Å². The quantitative estimate of drug-likeness (QED) is 0.771. The maximum Gasteiger partial charge on any atom is 0.164 e. The number of hydrogen-bond donors (Lipinski definition) is 0. The van der Waals surface area contributed by atoms with Crippen molar-refractivity contribution < 1.29 is 0 Å². The number of aromatic nitrogens is 3. The van der Waals surface area contributed by atoms with Crippen LogP contribution in [-0.4, -0.2) is 14.8 Å². The van der Waals surface area contributed by atoms with Crippen molar-refractivity contribution in [2.24, 2.45) is 0 Å². The Morgan fingerprint density at radius 3 is 2.31 bits per heavy atom. The maximum atomic E-state index is 4.22. The van der Waals surface area contributed by atoms with Crippen LogP contribution in [0, 0.1) is 20.8 Å². The molecule has 0 spiro atoms. The Balaban J connectivity index is 2.64. The second-order valence-corrected chi connectivity index (χ2v) is 4.21. The molecule has 0 bridgehead atoms. The molecule has 0 aliphatic carbocycles. The van der Waals surface area contributed by atoms with E-state index in [0.29, 0.717) is 0 Å². The lowest BCUT2D eigenvalue weighted by atomic mass is 9.99. The number of benzene rings is 1. The maximum absolute atomic E-state index is 4.22. The molecule has 0 N–H and O–H groups in total. The van der Waals surface area contributed by atoms with Gasteiger partial charge in [-0.05, 0) is 38.8 Å². The lowest BCUT2D eigenvalue weighted by Gasteiger charge is -2.11. The van der Waals surface area contributed by atoms with Crippen molar-refractivity contribution in [1.82, 2.24) is 14.8 Å². The first-order valence-electron chi connectivity index (χ1n) is 5.59. The molecule has 0 amide bonds. The van der Waals surface area contributed by atoms with Gasteiger partial charge in [0.2, 0.25) is 0 Å². The van der Waals surface area contributed by atoms with Crippen LogP contribution in [0.3, 0.4) is 0 Å². The molecule has 2 rings (SSSR count). The SMILES string of the molecule is CCn1cnnc1-c1c(C)cc(C)cc1C. The van der Waals surface area contributed by atoms with Crippen LogP contribution < -0.4 is 0 Å². The van der Waals surface area contributed by atoms with Gasteiger partial charge in [-0.1, -0.05) is 17.7 Å². The van der Waals surface area contributed by atoms with Gasteiger partial charge in [-0.2, -0.15) is 0 Å². The molecule has 0 unspecified atom stereocenters. The lowest BCUT2D eigenvalue weighted by Crippen LogP contribution is -2.00. The molecular weight excluding hydrogens is 198 g/mol. The van der Waals surface area contributed by atoms with Crippen LogP contribution in [0.2, 0.25) is 0 Å². The van der Waals surface area contributed by atoms with Gasteiger partial charge in [-0.3, -0.25) is 0 Å². The van der Waals surface area contributed by atoms with E-state index in [2.05, 4.69) is 54.6 Å². The van der Waals surface area contributed by atoms with Gasteiger partial charge in [0.1, 0.15) is 6.33 Å². The van der Waals surface area contributed by atoms with E-state index in [1.54, 1.807) is 6.33 Å². The zero-order valence-corrected chi connectivity index (χ0v) is 10.3. The van der Waals surface area contributed by atoms with Crippen LogP contribution >= 0.6 is 0 Å². The molecule has 3 heteroatoms. The average molecular weight is 215 g/mol. The Morgan fingerprint density at radius 1 is 1.12 bits per heavy atom. The van der Waals surface area contributed by atoms with Crippen molar-refractivity contribution in [1.29, 1.82) is 0 Å². The third kappa shape index (κ3) is 1.73. The number of hydrogen-bond acceptors (Lipinski definition) is 2. The van der Waals surface area contributed by atoms with Gasteiger partial charge < -0.3 is 4.57 Å². The Hall–Kier alpha value is -1.64. The summed E-state index contributed by atoms with van der Waals surface area (Å²) in [5, 5.41) is 8.21. The van der Waals surface area contributed by atoms with Gasteiger partial charge in [0.15, 0.2) is 5.82 Å². The molecule has 0 saturated heterocycles. The molecule has 1 aromatic heterocycles. The summed E-state index contributed by atoms with van der Waals surface area (Å²) >= 11 is 0. The van der Waals surface area contributed by atoms with E-state index in [0.717, 1.165) is 12.4 Å². The van der Waals surface area contributed by atoms with E-state index in [1.807, 2.05) is 0 Å². The zero-order chi connectivity index (χ0) is 11.7. The van der Waals surface area contributed by atoms with Crippen molar-refractivity contribution in [3.63, 3.8) is 0 Å². The van der Waals surface area contributed by atoms with E-state index in [-0.39, 0.29) is 0 Å². The minimum absolute atomic E-state index is 0.898. The summed E-state index contributed by atoms with van der Waals surface area (Å²) in [7, 11) is 0. The fourth-order valence-corrected chi connectivity index (χ4v) is 2.21. The first kappa shape index (κ1) is 10.9. The molecule has 0 atom stereocenters. The summed E-state index contributed by atoms with van der Waals surface area (Å²) in [6.07, 6.45) is 1.79. The van der Waals surface area contributed by atoms with Crippen molar-refractivity contribution in [2.45, 2.75) is 34.2 Å². The summed E-state index contributed by atoms with van der Waals surface area (Å²) in [6.45, 7) is 9.38. The Bertz CT molecular complexity index is 489. The van der Waals surface area contributed by atoms with E-state index in [4.69, 9.17) is 0 Å². The van der Waals surface area contributed by atoms with Crippen LogP contribution in [0.15, 0.2) is 18.5 Å². The van der Waals surface area contributed by atoms with Gasteiger partial charge in [-0.25, -0.2) is 0 Å². The number of aryl methyl sites for hydroxylation is 4. The van der Waals surface area contributed by atoms with E-state index >= 15 is 0 Å². The normalized spacial score (nSPS) is 10.8. The molecule has 3 nitrogen and oxygen atoms in total. The van der Waals surface area contributed by atoms with Gasteiger partial charge in [0.25, 0.3) is 0 Å². The predicted octanol–water partition coefficient (Wildman–Crippen LogP) is 2.89. The van der Waals surface area contributed by atoms with Crippen molar-refractivity contribution in [3.05, 3.63) is 35.2 Å². The second kappa shape index (κ2) is 4.08. The number of rotatable bonds is 2. The summed E-state index contributed by atoms with van der Waals surface area (Å²) in [6, 6.07) is 4.38. The highest BCUT2D eigenvalue weighted by molar-refractivity contribution is 5.65. The van der Waals surface area contributed by atoms with Crippen LogP contribution in [0.5, 0.6) is 0 Å². The largest absolute Gasteiger partial charge is 0.314 e. The molecule has 2 aromatic rings. The predicted molar refractivity (Wildman–Crippen MR) is 65.3 cm³/mol. The molecule has 1 aromatic carbocycles. The minimum Gasteiger partial charge on any atom is -0.314 e. The molecule has 1 heterocycles.